The highest BCUT2D eigenvalue weighted by molar-refractivity contribution is 5.97. The van der Waals surface area contributed by atoms with Crippen LogP contribution < -0.4 is 10.6 Å². The molecule has 168 valence electrons. The molecular weight excluding hydrogens is 397 g/mol. The summed E-state index contributed by atoms with van der Waals surface area (Å²) in [5.74, 6) is -0.265. The summed E-state index contributed by atoms with van der Waals surface area (Å²) >= 11 is 0. The number of fused-ring (bicyclic) bond motifs is 1. The predicted octanol–water partition coefficient (Wildman–Crippen LogP) is 2.72. The van der Waals surface area contributed by atoms with Crippen LogP contribution in [-0.2, 0) is 17.9 Å². The van der Waals surface area contributed by atoms with Crippen LogP contribution in [0.4, 0.5) is 4.39 Å². The Kier molecular flexibility index (Phi) is 6.50. The molecule has 0 saturated carbocycles. The number of benzene rings is 1. The maximum atomic E-state index is 13.8. The van der Waals surface area contributed by atoms with E-state index in [1.165, 1.54) is 6.07 Å². The molecule has 2 amide bonds. The molecule has 1 aliphatic rings. The summed E-state index contributed by atoms with van der Waals surface area (Å²) < 4.78 is 15.9. The molecule has 7 nitrogen and oxygen atoms in total. The van der Waals surface area contributed by atoms with Gasteiger partial charge in [0.05, 0.1) is 5.69 Å². The first-order valence-electron chi connectivity index (χ1n) is 10.6. The highest BCUT2D eigenvalue weighted by Crippen LogP contribution is 2.28. The SMILES string of the molecule is CNC(=O)C(NC(=O)c1nc(-c2ccc(F)c(C)c2)n2c1CN(C)CCC2)C(C)(C)C. The second kappa shape index (κ2) is 8.78. The van der Waals surface area contributed by atoms with Crippen LogP contribution in [0.1, 0.15) is 48.9 Å². The molecule has 1 atom stereocenters. The number of rotatable bonds is 4. The summed E-state index contributed by atoms with van der Waals surface area (Å²) in [5.41, 5.74) is 1.93. The van der Waals surface area contributed by atoms with E-state index in [-0.39, 0.29) is 17.6 Å². The van der Waals surface area contributed by atoms with E-state index in [1.54, 1.807) is 26.1 Å². The Hall–Kier alpha value is -2.74. The zero-order valence-electron chi connectivity index (χ0n) is 19.2. The number of carbonyl (C=O) groups excluding carboxylic acids is 2. The van der Waals surface area contributed by atoms with Crippen molar-refractivity contribution in [3.05, 3.63) is 41.0 Å². The fourth-order valence-electron chi connectivity index (χ4n) is 3.93. The number of nitrogens with one attached hydrogen (secondary N) is 2. The van der Waals surface area contributed by atoms with Gasteiger partial charge in [0, 0.05) is 25.7 Å². The highest BCUT2D eigenvalue weighted by atomic mass is 19.1. The Morgan fingerprint density at radius 3 is 2.55 bits per heavy atom. The number of aryl methyl sites for hydroxylation is 1. The molecule has 31 heavy (non-hydrogen) atoms. The van der Waals surface area contributed by atoms with Gasteiger partial charge in [0.1, 0.15) is 17.7 Å². The second-order valence-corrected chi connectivity index (χ2v) is 9.32. The fourth-order valence-corrected chi connectivity index (χ4v) is 3.93. The third kappa shape index (κ3) is 4.79. The van der Waals surface area contributed by atoms with Crippen LogP contribution in [0.2, 0.25) is 0 Å². The van der Waals surface area contributed by atoms with Crippen LogP contribution in [0.3, 0.4) is 0 Å². The lowest BCUT2D eigenvalue weighted by atomic mass is 9.86. The molecular formula is C23H32FN5O2. The van der Waals surface area contributed by atoms with Gasteiger partial charge in [-0.05, 0) is 56.1 Å². The molecule has 2 aromatic rings. The number of carbonyl (C=O) groups is 2. The Balaban J connectivity index is 2.07. The molecule has 1 aromatic heterocycles. The van der Waals surface area contributed by atoms with Crippen molar-refractivity contribution in [3.8, 4) is 11.4 Å². The van der Waals surface area contributed by atoms with Gasteiger partial charge in [-0.3, -0.25) is 9.59 Å². The maximum absolute atomic E-state index is 13.8. The van der Waals surface area contributed by atoms with Gasteiger partial charge in [0.25, 0.3) is 5.91 Å². The largest absolute Gasteiger partial charge is 0.357 e. The number of aromatic nitrogens is 2. The lowest BCUT2D eigenvalue weighted by Gasteiger charge is -2.29. The Morgan fingerprint density at radius 1 is 1.23 bits per heavy atom. The molecule has 8 heteroatoms. The van der Waals surface area contributed by atoms with Crippen LogP contribution >= 0.6 is 0 Å². The first-order chi connectivity index (χ1) is 14.5. The van der Waals surface area contributed by atoms with Gasteiger partial charge in [-0.15, -0.1) is 0 Å². The van der Waals surface area contributed by atoms with Crippen LogP contribution in [0.5, 0.6) is 0 Å². The van der Waals surface area contributed by atoms with E-state index in [9.17, 15) is 14.0 Å². The van der Waals surface area contributed by atoms with Crippen molar-refractivity contribution in [2.75, 3.05) is 20.6 Å². The number of nitrogens with zero attached hydrogens (tertiary/aromatic N) is 3. The molecule has 0 radical (unpaired) electrons. The van der Waals surface area contributed by atoms with Crippen molar-refractivity contribution in [2.45, 2.75) is 53.2 Å². The van der Waals surface area contributed by atoms with E-state index in [0.717, 1.165) is 24.2 Å². The normalized spacial score (nSPS) is 15.7. The summed E-state index contributed by atoms with van der Waals surface area (Å²) in [5, 5.41) is 5.52. The zero-order chi connectivity index (χ0) is 22.9. The molecule has 2 heterocycles. The van der Waals surface area contributed by atoms with E-state index < -0.39 is 11.5 Å². The van der Waals surface area contributed by atoms with E-state index in [2.05, 4.69) is 20.1 Å². The quantitative estimate of drug-likeness (QED) is 0.783. The molecule has 1 aromatic carbocycles. The minimum atomic E-state index is -0.706. The monoisotopic (exact) mass is 429 g/mol. The van der Waals surface area contributed by atoms with Gasteiger partial charge in [-0.1, -0.05) is 20.8 Å². The molecule has 0 saturated heterocycles. The van der Waals surface area contributed by atoms with Gasteiger partial charge in [0.2, 0.25) is 5.91 Å². The van der Waals surface area contributed by atoms with Gasteiger partial charge < -0.3 is 20.1 Å². The average molecular weight is 430 g/mol. The summed E-state index contributed by atoms with van der Waals surface area (Å²) in [6.45, 7) is 9.60. The highest BCUT2D eigenvalue weighted by Gasteiger charge is 2.34. The summed E-state index contributed by atoms with van der Waals surface area (Å²) in [4.78, 5) is 32.6. The van der Waals surface area contributed by atoms with Crippen molar-refractivity contribution < 1.29 is 14.0 Å². The number of likely N-dealkylation sites (N-methyl/N-ethyl adjacent to an activating group) is 1. The molecule has 0 fully saturated rings. The van der Waals surface area contributed by atoms with E-state index in [1.807, 2.05) is 27.8 Å². The number of halogens is 1. The van der Waals surface area contributed by atoms with Crippen LogP contribution in [0, 0.1) is 18.2 Å². The van der Waals surface area contributed by atoms with Gasteiger partial charge in [-0.25, -0.2) is 9.37 Å². The number of amides is 2. The minimum absolute atomic E-state index is 0.252. The zero-order valence-corrected chi connectivity index (χ0v) is 19.2. The first-order valence-corrected chi connectivity index (χ1v) is 10.6. The van der Waals surface area contributed by atoms with Gasteiger partial charge in [0.15, 0.2) is 5.69 Å². The molecule has 0 spiro atoms. The topological polar surface area (TPSA) is 79.3 Å². The van der Waals surface area contributed by atoms with Crippen LogP contribution in [-0.4, -0.2) is 52.9 Å². The molecule has 0 bridgehead atoms. The van der Waals surface area contributed by atoms with E-state index in [4.69, 9.17) is 4.98 Å². The number of hydrogen-bond donors (Lipinski definition) is 2. The van der Waals surface area contributed by atoms with Crippen molar-refractivity contribution in [2.24, 2.45) is 5.41 Å². The minimum Gasteiger partial charge on any atom is -0.357 e. The lowest BCUT2D eigenvalue weighted by Crippen LogP contribution is -2.53. The summed E-state index contributed by atoms with van der Waals surface area (Å²) in [6.07, 6.45) is 0.914. The number of imidazole rings is 1. The average Bonchev–Trinajstić information content (AvgIpc) is 2.93. The predicted molar refractivity (Wildman–Crippen MR) is 118 cm³/mol. The van der Waals surface area contributed by atoms with Crippen molar-refractivity contribution in [1.29, 1.82) is 0 Å². The molecule has 2 N–H and O–H groups in total. The molecule has 0 aliphatic carbocycles. The summed E-state index contributed by atoms with van der Waals surface area (Å²) in [7, 11) is 3.56. The molecule has 3 rings (SSSR count). The van der Waals surface area contributed by atoms with Crippen LogP contribution in [0.15, 0.2) is 18.2 Å². The van der Waals surface area contributed by atoms with E-state index in [0.29, 0.717) is 30.2 Å². The van der Waals surface area contributed by atoms with Crippen molar-refractivity contribution >= 4 is 11.8 Å². The maximum Gasteiger partial charge on any atom is 0.272 e. The Labute approximate surface area is 183 Å². The molecule has 1 aliphatic heterocycles. The van der Waals surface area contributed by atoms with Gasteiger partial charge >= 0.3 is 0 Å². The third-order valence-electron chi connectivity index (χ3n) is 5.70. The first kappa shape index (κ1) is 22.9. The summed E-state index contributed by atoms with van der Waals surface area (Å²) in [6, 6.07) is 4.17. The third-order valence-corrected chi connectivity index (χ3v) is 5.70. The Morgan fingerprint density at radius 2 is 1.94 bits per heavy atom. The number of hydrogen-bond acceptors (Lipinski definition) is 4. The van der Waals surface area contributed by atoms with E-state index >= 15 is 0 Å². The standard InChI is InChI=1S/C23H32FN5O2/c1-14-12-15(8-9-16(14)24)20-26-18(17-13-28(6)10-7-11-29(17)20)21(30)27-19(22(31)25-5)23(2,3)4/h8-9,12,19H,7,10-11,13H2,1-6H3,(H,25,31)(H,27,30). The van der Waals surface area contributed by atoms with Crippen molar-refractivity contribution in [3.63, 3.8) is 0 Å². The van der Waals surface area contributed by atoms with Gasteiger partial charge in [-0.2, -0.15) is 0 Å². The fraction of sp³-hybridized carbons (Fsp3) is 0.522. The van der Waals surface area contributed by atoms with Crippen molar-refractivity contribution in [1.82, 2.24) is 25.1 Å². The second-order valence-electron chi connectivity index (χ2n) is 9.32. The lowest BCUT2D eigenvalue weighted by molar-refractivity contribution is -0.124. The van der Waals surface area contributed by atoms with Crippen LogP contribution in [0.25, 0.3) is 11.4 Å². The smallest absolute Gasteiger partial charge is 0.272 e. The Bertz CT molecular complexity index is 993. The molecule has 1 unspecified atom stereocenters.